The van der Waals surface area contributed by atoms with E-state index in [1.807, 2.05) is 0 Å². The number of carbonyl (C=O) groups is 2. The second kappa shape index (κ2) is 4.44. The number of hydrogen-bond donors (Lipinski definition) is 1. The zero-order valence-electron chi connectivity index (χ0n) is 10.5. The van der Waals surface area contributed by atoms with Gasteiger partial charge < -0.3 is 10.0 Å². The molecule has 0 spiro atoms. The molecule has 1 saturated heterocycles. The Morgan fingerprint density at radius 2 is 1.94 bits per heavy atom. The lowest BCUT2D eigenvalue weighted by Crippen LogP contribution is -2.48. The van der Waals surface area contributed by atoms with Crippen LogP contribution in [0.25, 0.3) is 0 Å². The third-order valence-corrected chi connectivity index (χ3v) is 3.40. The summed E-state index contributed by atoms with van der Waals surface area (Å²) in [6.07, 6.45) is 1.96. The molecule has 0 radical (unpaired) electrons. The van der Waals surface area contributed by atoms with Gasteiger partial charge in [0.15, 0.2) is 0 Å². The maximum atomic E-state index is 12.2. The third kappa shape index (κ3) is 2.20. The molecule has 4 heteroatoms. The number of likely N-dealkylation sites (tertiary alicyclic amines) is 1. The van der Waals surface area contributed by atoms with E-state index in [2.05, 4.69) is 13.8 Å². The number of carboxylic acids is 1. The first-order chi connectivity index (χ1) is 7.28. The van der Waals surface area contributed by atoms with E-state index >= 15 is 0 Å². The maximum Gasteiger partial charge on any atom is 0.318 e. The van der Waals surface area contributed by atoms with Crippen molar-refractivity contribution in [1.82, 2.24) is 4.90 Å². The molecular weight excluding hydrogens is 206 g/mol. The van der Waals surface area contributed by atoms with E-state index in [-0.39, 0.29) is 11.9 Å². The Morgan fingerprint density at radius 1 is 1.38 bits per heavy atom. The fraction of sp³-hybridized carbons (Fsp3) is 0.833. The Labute approximate surface area is 96.6 Å². The van der Waals surface area contributed by atoms with E-state index < -0.39 is 11.4 Å². The predicted octanol–water partition coefficient (Wildman–Crippen LogP) is 1.74. The summed E-state index contributed by atoms with van der Waals surface area (Å²) in [4.78, 5) is 25.0. The van der Waals surface area contributed by atoms with Crippen LogP contribution >= 0.6 is 0 Å². The van der Waals surface area contributed by atoms with Crippen molar-refractivity contribution in [3.8, 4) is 0 Å². The van der Waals surface area contributed by atoms with Crippen molar-refractivity contribution in [2.75, 3.05) is 6.54 Å². The highest BCUT2D eigenvalue weighted by atomic mass is 16.4. The first-order valence-electron chi connectivity index (χ1n) is 5.83. The van der Waals surface area contributed by atoms with Crippen LogP contribution in [0.5, 0.6) is 0 Å². The van der Waals surface area contributed by atoms with Crippen molar-refractivity contribution in [2.24, 2.45) is 11.3 Å². The largest absolute Gasteiger partial charge is 0.480 e. The highest BCUT2D eigenvalue weighted by molar-refractivity contribution is 6.01. The van der Waals surface area contributed by atoms with E-state index in [1.165, 1.54) is 13.8 Å². The number of hydrogen-bond acceptors (Lipinski definition) is 2. The monoisotopic (exact) mass is 227 g/mol. The second-order valence-corrected chi connectivity index (χ2v) is 5.38. The average molecular weight is 227 g/mol. The summed E-state index contributed by atoms with van der Waals surface area (Å²) in [5, 5.41) is 9.05. The molecule has 1 unspecified atom stereocenters. The summed E-state index contributed by atoms with van der Waals surface area (Å²) in [6.45, 7) is 7.80. The van der Waals surface area contributed by atoms with Gasteiger partial charge in [0, 0.05) is 12.6 Å². The van der Waals surface area contributed by atoms with Crippen LogP contribution in [0.1, 0.15) is 40.5 Å². The van der Waals surface area contributed by atoms with Crippen LogP contribution in [0.3, 0.4) is 0 Å². The molecule has 0 aromatic rings. The summed E-state index contributed by atoms with van der Waals surface area (Å²) >= 11 is 0. The molecule has 1 heterocycles. The molecule has 1 rings (SSSR count). The summed E-state index contributed by atoms with van der Waals surface area (Å²) in [5.41, 5.74) is -1.31. The number of rotatable bonds is 3. The SMILES string of the molecule is CC(C)C1CCCN1C(=O)C(C)(C)C(=O)O. The highest BCUT2D eigenvalue weighted by Crippen LogP contribution is 2.29. The van der Waals surface area contributed by atoms with Gasteiger partial charge in [0.25, 0.3) is 0 Å². The normalized spacial score (nSPS) is 21.6. The molecule has 1 atom stereocenters. The van der Waals surface area contributed by atoms with Crippen LogP contribution in [0.4, 0.5) is 0 Å². The van der Waals surface area contributed by atoms with Crippen LogP contribution in [-0.4, -0.2) is 34.5 Å². The van der Waals surface area contributed by atoms with Gasteiger partial charge in [-0.15, -0.1) is 0 Å². The molecule has 1 aliphatic heterocycles. The fourth-order valence-corrected chi connectivity index (χ4v) is 2.19. The van der Waals surface area contributed by atoms with Crippen molar-refractivity contribution >= 4 is 11.9 Å². The molecule has 16 heavy (non-hydrogen) atoms. The first-order valence-corrected chi connectivity index (χ1v) is 5.83. The van der Waals surface area contributed by atoms with Crippen molar-refractivity contribution in [2.45, 2.75) is 46.6 Å². The molecule has 0 aliphatic carbocycles. The van der Waals surface area contributed by atoms with Crippen molar-refractivity contribution < 1.29 is 14.7 Å². The quantitative estimate of drug-likeness (QED) is 0.747. The lowest BCUT2D eigenvalue weighted by atomic mass is 9.90. The maximum absolute atomic E-state index is 12.2. The van der Waals surface area contributed by atoms with Crippen LogP contribution in [0, 0.1) is 11.3 Å². The van der Waals surface area contributed by atoms with E-state index in [9.17, 15) is 9.59 Å². The van der Waals surface area contributed by atoms with Gasteiger partial charge in [-0.05, 0) is 32.6 Å². The van der Waals surface area contributed by atoms with Gasteiger partial charge in [-0.2, -0.15) is 0 Å². The van der Waals surface area contributed by atoms with E-state index in [4.69, 9.17) is 5.11 Å². The number of nitrogens with zero attached hydrogens (tertiary/aromatic N) is 1. The molecule has 0 aromatic heterocycles. The Kier molecular flexibility index (Phi) is 3.61. The predicted molar refractivity (Wildman–Crippen MR) is 61.0 cm³/mol. The minimum Gasteiger partial charge on any atom is -0.480 e. The molecule has 0 bridgehead atoms. The highest BCUT2D eigenvalue weighted by Gasteiger charge is 2.43. The summed E-state index contributed by atoms with van der Waals surface area (Å²) < 4.78 is 0. The number of carbonyl (C=O) groups excluding carboxylic acids is 1. The zero-order chi connectivity index (χ0) is 12.5. The van der Waals surface area contributed by atoms with E-state index in [0.717, 1.165) is 12.8 Å². The van der Waals surface area contributed by atoms with E-state index in [1.54, 1.807) is 4.90 Å². The molecule has 1 amide bonds. The van der Waals surface area contributed by atoms with Gasteiger partial charge in [-0.1, -0.05) is 13.8 Å². The van der Waals surface area contributed by atoms with Gasteiger partial charge in [0.05, 0.1) is 0 Å². The van der Waals surface area contributed by atoms with Crippen molar-refractivity contribution in [1.29, 1.82) is 0 Å². The van der Waals surface area contributed by atoms with E-state index in [0.29, 0.717) is 12.5 Å². The smallest absolute Gasteiger partial charge is 0.318 e. The molecule has 4 nitrogen and oxygen atoms in total. The summed E-state index contributed by atoms with van der Waals surface area (Å²) in [5.74, 6) is -0.917. The fourth-order valence-electron chi connectivity index (χ4n) is 2.19. The number of aliphatic carboxylic acids is 1. The Hall–Kier alpha value is -1.06. The van der Waals surface area contributed by atoms with Crippen molar-refractivity contribution in [3.63, 3.8) is 0 Å². The standard InChI is InChI=1S/C12H21NO3/c1-8(2)9-6-5-7-13(9)10(14)12(3,4)11(15)16/h8-9H,5-7H2,1-4H3,(H,15,16). The molecule has 1 aliphatic rings. The summed E-state index contributed by atoms with van der Waals surface area (Å²) in [7, 11) is 0. The molecule has 1 N–H and O–H groups in total. The van der Waals surface area contributed by atoms with Crippen LogP contribution in [-0.2, 0) is 9.59 Å². The molecule has 0 saturated carbocycles. The molecular formula is C12H21NO3. The Balaban J connectivity index is 2.85. The number of amides is 1. The lowest BCUT2D eigenvalue weighted by molar-refractivity contribution is -0.159. The Bertz CT molecular complexity index is 297. The van der Waals surface area contributed by atoms with Crippen LogP contribution in [0.2, 0.25) is 0 Å². The first kappa shape index (κ1) is 13.0. The minimum absolute atomic E-state index is 0.200. The van der Waals surface area contributed by atoms with Crippen LogP contribution < -0.4 is 0 Å². The van der Waals surface area contributed by atoms with Gasteiger partial charge in [0.1, 0.15) is 5.41 Å². The number of carboxylic acid groups (broad SMARTS) is 1. The molecule has 0 aromatic carbocycles. The molecule has 92 valence electrons. The van der Waals surface area contributed by atoms with Gasteiger partial charge in [0.2, 0.25) is 5.91 Å². The van der Waals surface area contributed by atoms with Crippen molar-refractivity contribution in [3.05, 3.63) is 0 Å². The zero-order valence-corrected chi connectivity index (χ0v) is 10.5. The Morgan fingerprint density at radius 3 is 2.38 bits per heavy atom. The topological polar surface area (TPSA) is 57.6 Å². The summed E-state index contributed by atoms with van der Waals surface area (Å²) in [6, 6.07) is 0.200. The lowest BCUT2D eigenvalue weighted by Gasteiger charge is -2.32. The molecule has 1 fully saturated rings. The van der Waals surface area contributed by atoms with Crippen LogP contribution in [0.15, 0.2) is 0 Å². The second-order valence-electron chi connectivity index (χ2n) is 5.38. The van der Waals surface area contributed by atoms with Gasteiger partial charge in [-0.25, -0.2) is 0 Å². The average Bonchev–Trinajstić information content (AvgIpc) is 2.64. The van der Waals surface area contributed by atoms with Gasteiger partial charge >= 0.3 is 5.97 Å². The third-order valence-electron chi connectivity index (χ3n) is 3.40. The minimum atomic E-state index is -1.31. The van der Waals surface area contributed by atoms with Gasteiger partial charge in [-0.3, -0.25) is 9.59 Å².